The van der Waals surface area contributed by atoms with Gasteiger partial charge in [0.2, 0.25) is 0 Å². The van der Waals surface area contributed by atoms with Gasteiger partial charge in [-0.1, -0.05) is 18.9 Å². The van der Waals surface area contributed by atoms with Gasteiger partial charge in [-0.05, 0) is 31.5 Å². The molecule has 3 nitrogen and oxygen atoms in total. The largest absolute Gasteiger partial charge is 0.395 e. The second-order valence-corrected chi connectivity index (χ2v) is 5.07. The van der Waals surface area contributed by atoms with Gasteiger partial charge in [0.1, 0.15) is 5.82 Å². The summed E-state index contributed by atoms with van der Waals surface area (Å²) >= 11 is 0. The van der Waals surface area contributed by atoms with Crippen molar-refractivity contribution < 1.29 is 9.50 Å². The van der Waals surface area contributed by atoms with Crippen molar-refractivity contribution in [2.24, 2.45) is 0 Å². The van der Waals surface area contributed by atoms with Crippen molar-refractivity contribution in [1.29, 1.82) is 5.26 Å². The first-order valence-electron chi connectivity index (χ1n) is 6.78. The molecule has 1 aliphatic rings. The summed E-state index contributed by atoms with van der Waals surface area (Å²) in [6.45, 7) is 1.52. The molecule has 0 radical (unpaired) electrons. The van der Waals surface area contributed by atoms with Crippen LogP contribution < -0.4 is 0 Å². The molecule has 1 aromatic carbocycles. The normalized spacial score (nSPS) is 20.8. The third-order valence-electron chi connectivity index (χ3n) is 3.77. The van der Waals surface area contributed by atoms with Crippen LogP contribution >= 0.6 is 0 Å². The maximum Gasteiger partial charge on any atom is 0.129 e. The topological polar surface area (TPSA) is 47.3 Å². The Morgan fingerprint density at radius 2 is 2.21 bits per heavy atom. The lowest BCUT2D eigenvalue weighted by molar-refractivity contribution is 0.117. The smallest absolute Gasteiger partial charge is 0.129 e. The van der Waals surface area contributed by atoms with Crippen LogP contribution in [-0.2, 0) is 6.54 Å². The Hall–Kier alpha value is -1.44. The van der Waals surface area contributed by atoms with E-state index in [1.165, 1.54) is 12.5 Å². The van der Waals surface area contributed by atoms with Crippen molar-refractivity contribution in [2.75, 3.05) is 13.2 Å². The van der Waals surface area contributed by atoms with Gasteiger partial charge in [0.25, 0.3) is 0 Å². The minimum absolute atomic E-state index is 0.123. The van der Waals surface area contributed by atoms with E-state index < -0.39 is 0 Å². The van der Waals surface area contributed by atoms with Crippen molar-refractivity contribution in [3.8, 4) is 6.07 Å². The van der Waals surface area contributed by atoms with E-state index in [1.807, 2.05) is 6.07 Å². The molecule has 0 spiro atoms. The highest BCUT2D eigenvalue weighted by molar-refractivity contribution is 5.32. The number of rotatable bonds is 3. The Kier molecular flexibility index (Phi) is 4.89. The summed E-state index contributed by atoms with van der Waals surface area (Å²) in [6, 6.07) is 6.65. The monoisotopic (exact) mass is 262 g/mol. The first kappa shape index (κ1) is 14.0. The highest BCUT2D eigenvalue weighted by atomic mass is 19.1. The second-order valence-electron chi connectivity index (χ2n) is 5.07. The van der Waals surface area contributed by atoms with E-state index in [2.05, 4.69) is 4.90 Å². The van der Waals surface area contributed by atoms with Crippen LogP contribution in [0.3, 0.4) is 0 Å². The highest BCUT2D eigenvalue weighted by Gasteiger charge is 2.21. The summed E-state index contributed by atoms with van der Waals surface area (Å²) < 4.78 is 13.9. The fourth-order valence-electron chi connectivity index (χ4n) is 2.62. The number of nitriles is 1. The molecule has 2 rings (SSSR count). The lowest BCUT2D eigenvalue weighted by Crippen LogP contribution is -2.37. The molecule has 1 unspecified atom stereocenters. The van der Waals surface area contributed by atoms with Crippen LogP contribution in [0.15, 0.2) is 18.2 Å². The molecule has 1 heterocycles. The molecule has 0 saturated carbocycles. The lowest BCUT2D eigenvalue weighted by Gasteiger charge is -2.28. The highest BCUT2D eigenvalue weighted by Crippen LogP contribution is 2.20. The first-order valence-corrected chi connectivity index (χ1v) is 6.78. The van der Waals surface area contributed by atoms with E-state index in [-0.39, 0.29) is 18.5 Å². The van der Waals surface area contributed by atoms with Gasteiger partial charge in [-0.25, -0.2) is 4.39 Å². The molecule has 1 fully saturated rings. The number of hydrogen-bond donors (Lipinski definition) is 1. The van der Waals surface area contributed by atoms with Crippen molar-refractivity contribution in [3.05, 3.63) is 35.1 Å². The van der Waals surface area contributed by atoms with Crippen LogP contribution in [0, 0.1) is 17.1 Å². The zero-order valence-electron chi connectivity index (χ0n) is 11.0. The van der Waals surface area contributed by atoms with Gasteiger partial charge >= 0.3 is 0 Å². The number of hydrogen-bond acceptors (Lipinski definition) is 3. The van der Waals surface area contributed by atoms with E-state index >= 15 is 0 Å². The van der Waals surface area contributed by atoms with Gasteiger partial charge < -0.3 is 5.11 Å². The molecular formula is C15H19FN2O. The summed E-state index contributed by atoms with van der Waals surface area (Å²) in [4.78, 5) is 2.15. The Morgan fingerprint density at radius 3 is 2.89 bits per heavy atom. The lowest BCUT2D eigenvalue weighted by atomic mass is 10.1. The standard InChI is InChI=1S/C15H19FN2O/c16-15-8-12(9-17)5-6-13(15)10-18-7-3-1-2-4-14(18)11-19/h5-6,8,14,19H,1-4,7,10-11H2. The first-order chi connectivity index (χ1) is 9.24. The zero-order valence-corrected chi connectivity index (χ0v) is 11.0. The van der Waals surface area contributed by atoms with Crippen LogP contribution in [-0.4, -0.2) is 29.2 Å². The minimum Gasteiger partial charge on any atom is -0.395 e. The van der Waals surface area contributed by atoms with E-state index in [0.29, 0.717) is 17.7 Å². The molecule has 1 aliphatic heterocycles. The van der Waals surface area contributed by atoms with Gasteiger partial charge in [-0.2, -0.15) is 5.26 Å². The Balaban J connectivity index is 2.12. The van der Waals surface area contributed by atoms with Gasteiger partial charge in [0.05, 0.1) is 18.2 Å². The summed E-state index contributed by atoms with van der Waals surface area (Å²) in [5.41, 5.74) is 0.940. The summed E-state index contributed by atoms with van der Waals surface area (Å²) in [5.74, 6) is -0.333. The molecule has 1 aromatic rings. The van der Waals surface area contributed by atoms with Crippen LogP contribution in [0.4, 0.5) is 4.39 Å². The molecule has 1 atom stereocenters. The molecule has 0 bridgehead atoms. The minimum atomic E-state index is -0.333. The average Bonchev–Trinajstić information content (AvgIpc) is 2.66. The Bertz CT molecular complexity index is 470. The van der Waals surface area contributed by atoms with Crippen LogP contribution in [0.2, 0.25) is 0 Å². The second kappa shape index (κ2) is 6.65. The van der Waals surface area contributed by atoms with Crippen LogP contribution in [0.25, 0.3) is 0 Å². The fraction of sp³-hybridized carbons (Fsp3) is 0.533. The van der Waals surface area contributed by atoms with Crippen molar-refractivity contribution >= 4 is 0 Å². The Labute approximate surface area is 113 Å². The van der Waals surface area contributed by atoms with Crippen LogP contribution in [0.1, 0.15) is 36.8 Å². The van der Waals surface area contributed by atoms with Crippen LogP contribution in [0.5, 0.6) is 0 Å². The number of halogens is 1. The third kappa shape index (κ3) is 3.52. The quantitative estimate of drug-likeness (QED) is 0.910. The SMILES string of the molecule is N#Cc1ccc(CN2CCCCCC2CO)c(F)c1. The molecule has 19 heavy (non-hydrogen) atoms. The van der Waals surface area contributed by atoms with E-state index in [9.17, 15) is 9.50 Å². The van der Waals surface area contributed by atoms with Gasteiger partial charge in [0, 0.05) is 18.2 Å². The van der Waals surface area contributed by atoms with Gasteiger partial charge in [-0.3, -0.25) is 4.90 Å². The molecule has 0 aromatic heterocycles. The fourth-order valence-corrected chi connectivity index (χ4v) is 2.62. The predicted octanol–water partition coefficient (Wildman–Crippen LogP) is 2.43. The van der Waals surface area contributed by atoms with Gasteiger partial charge in [-0.15, -0.1) is 0 Å². The molecule has 0 amide bonds. The summed E-state index contributed by atoms with van der Waals surface area (Å²) in [7, 11) is 0. The molecule has 0 aliphatic carbocycles. The summed E-state index contributed by atoms with van der Waals surface area (Å²) in [6.07, 6.45) is 4.35. The van der Waals surface area contributed by atoms with E-state index in [4.69, 9.17) is 5.26 Å². The number of likely N-dealkylation sites (tertiary alicyclic amines) is 1. The average molecular weight is 262 g/mol. The summed E-state index contributed by atoms with van der Waals surface area (Å²) in [5, 5.41) is 18.2. The number of nitrogens with zero attached hydrogens (tertiary/aromatic N) is 2. The van der Waals surface area contributed by atoms with Crippen molar-refractivity contribution in [1.82, 2.24) is 4.90 Å². The predicted molar refractivity (Wildman–Crippen MR) is 70.9 cm³/mol. The van der Waals surface area contributed by atoms with Gasteiger partial charge in [0.15, 0.2) is 0 Å². The maximum atomic E-state index is 13.9. The van der Waals surface area contributed by atoms with E-state index in [0.717, 1.165) is 25.8 Å². The molecule has 102 valence electrons. The zero-order chi connectivity index (χ0) is 13.7. The molecule has 1 N–H and O–H groups in total. The Morgan fingerprint density at radius 1 is 1.37 bits per heavy atom. The number of benzene rings is 1. The third-order valence-corrected chi connectivity index (χ3v) is 3.77. The van der Waals surface area contributed by atoms with Crippen molar-refractivity contribution in [3.63, 3.8) is 0 Å². The van der Waals surface area contributed by atoms with E-state index in [1.54, 1.807) is 12.1 Å². The molecule has 4 heteroatoms. The molecule has 1 saturated heterocycles. The number of aliphatic hydroxyl groups is 1. The number of aliphatic hydroxyl groups excluding tert-OH is 1. The maximum absolute atomic E-state index is 13.9. The molecular weight excluding hydrogens is 243 g/mol. The van der Waals surface area contributed by atoms with Crippen molar-refractivity contribution in [2.45, 2.75) is 38.3 Å².